The molecular formula is C18H20N8. The molecule has 2 aliphatic rings. The van der Waals surface area contributed by atoms with Gasteiger partial charge < -0.3 is 15.1 Å². The number of nitrogens with zero attached hydrogens (tertiary/aromatic N) is 7. The van der Waals surface area contributed by atoms with Crippen LogP contribution in [0.4, 0.5) is 17.3 Å². The van der Waals surface area contributed by atoms with E-state index in [2.05, 4.69) is 42.3 Å². The van der Waals surface area contributed by atoms with Crippen LogP contribution in [0.1, 0.15) is 6.42 Å². The van der Waals surface area contributed by atoms with Gasteiger partial charge in [-0.2, -0.15) is 5.10 Å². The molecule has 0 aromatic carbocycles. The van der Waals surface area contributed by atoms with Crippen LogP contribution >= 0.6 is 0 Å². The predicted octanol–water partition coefficient (Wildman–Crippen LogP) is 1.74. The predicted molar refractivity (Wildman–Crippen MR) is 100 cm³/mol. The Bertz CT molecular complexity index is 922. The minimum atomic E-state index is 0.461. The van der Waals surface area contributed by atoms with Gasteiger partial charge in [-0.05, 0) is 18.6 Å². The molecule has 1 fully saturated rings. The zero-order chi connectivity index (χ0) is 17.5. The molecular weight excluding hydrogens is 328 g/mol. The lowest BCUT2D eigenvalue weighted by Gasteiger charge is -2.37. The number of rotatable bonds is 4. The number of hydrogen-bond donors (Lipinski definition) is 1. The lowest BCUT2D eigenvalue weighted by Crippen LogP contribution is -2.45. The fourth-order valence-electron chi connectivity index (χ4n) is 3.76. The van der Waals surface area contributed by atoms with E-state index in [1.165, 1.54) is 5.69 Å². The summed E-state index contributed by atoms with van der Waals surface area (Å²) in [6, 6.07) is 4.73. The molecule has 0 aliphatic carbocycles. The number of aromatic nitrogens is 5. The lowest BCUT2D eigenvalue weighted by atomic mass is 10.1. The average molecular weight is 348 g/mol. The van der Waals surface area contributed by atoms with Gasteiger partial charge in [0.25, 0.3) is 0 Å². The molecule has 3 aromatic heterocycles. The van der Waals surface area contributed by atoms with Gasteiger partial charge in [0.05, 0.1) is 36.5 Å². The molecule has 5 rings (SSSR count). The summed E-state index contributed by atoms with van der Waals surface area (Å²) in [4.78, 5) is 18.2. The van der Waals surface area contributed by atoms with E-state index in [1.54, 1.807) is 23.3 Å². The molecule has 0 amide bonds. The van der Waals surface area contributed by atoms with Gasteiger partial charge >= 0.3 is 0 Å². The maximum atomic E-state index is 4.99. The molecule has 0 spiro atoms. The van der Waals surface area contributed by atoms with Crippen molar-refractivity contribution in [2.75, 3.05) is 34.9 Å². The zero-order valence-corrected chi connectivity index (χ0v) is 14.6. The second-order valence-corrected chi connectivity index (χ2v) is 6.73. The lowest BCUT2D eigenvalue weighted by molar-refractivity contribution is 0.638. The van der Waals surface area contributed by atoms with Crippen LogP contribution in [0.5, 0.6) is 0 Å². The van der Waals surface area contributed by atoms with E-state index in [9.17, 15) is 0 Å². The van der Waals surface area contributed by atoms with Gasteiger partial charge in [-0.25, -0.2) is 9.97 Å². The Morgan fingerprint density at radius 2 is 2.19 bits per heavy atom. The zero-order valence-electron chi connectivity index (χ0n) is 14.6. The number of aryl methyl sites for hydroxylation is 1. The molecule has 0 unspecified atom stereocenters. The molecule has 0 radical (unpaired) electrons. The first kappa shape index (κ1) is 15.1. The molecule has 8 nitrogen and oxygen atoms in total. The first-order chi connectivity index (χ1) is 12.8. The molecule has 132 valence electrons. The van der Waals surface area contributed by atoms with E-state index in [0.717, 1.165) is 42.4 Å². The van der Waals surface area contributed by atoms with Gasteiger partial charge in [-0.1, -0.05) is 0 Å². The van der Waals surface area contributed by atoms with E-state index in [0.29, 0.717) is 12.7 Å². The second kappa shape index (κ2) is 5.98. The fourth-order valence-corrected chi connectivity index (χ4v) is 3.76. The van der Waals surface area contributed by atoms with E-state index < -0.39 is 0 Å². The smallest absolute Gasteiger partial charge is 0.154 e. The van der Waals surface area contributed by atoms with Crippen LogP contribution in [0.25, 0.3) is 11.3 Å². The number of pyridine rings is 1. The van der Waals surface area contributed by atoms with Gasteiger partial charge in [0.2, 0.25) is 0 Å². The molecule has 2 aliphatic heterocycles. The molecule has 8 heteroatoms. The van der Waals surface area contributed by atoms with E-state index in [-0.39, 0.29) is 0 Å². The Morgan fingerprint density at radius 3 is 3.00 bits per heavy atom. The fraction of sp³-hybridized carbons (Fsp3) is 0.333. The Kier molecular flexibility index (Phi) is 3.48. The van der Waals surface area contributed by atoms with Crippen LogP contribution in [-0.2, 0) is 7.05 Å². The maximum Gasteiger partial charge on any atom is 0.154 e. The van der Waals surface area contributed by atoms with Crippen molar-refractivity contribution in [3.8, 4) is 11.3 Å². The molecule has 2 bridgehead atoms. The summed E-state index contributed by atoms with van der Waals surface area (Å²) in [7, 11) is 1.92. The first-order valence-electron chi connectivity index (χ1n) is 8.79. The highest BCUT2D eigenvalue weighted by atomic mass is 15.4. The van der Waals surface area contributed by atoms with Gasteiger partial charge in [0, 0.05) is 44.3 Å². The van der Waals surface area contributed by atoms with Crippen molar-refractivity contribution in [1.29, 1.82) is 0 Å². The summed E-state index contributed by atoms with van der Waals surface area (Å²) in [6.07, 6.45) is 10.1. The Hall–Kier alpha value is -3.16. The van der Waals surface area contributed by atoms with Crippen molar-refractivity contribution < 1.29 is 0 Å². The van der Waals surface area contributed by atoms with E-state index in [1.807, 2.05) is 19.4 Å². The van der Waals surface area contributed by atoms with Gasteiger partial charge in [-0.15, -0.1) is 0 Å². The summed E-state index contributed by atoms with van der Waals surface area (Å²) < 4.78 is 1.80. The van der Waals surface area contributed by atoms with Crippen LogP contribution in [0.15, 0.2) is 43.1 Å². The SMILES string of the molecule is Cn1cc(-c2ccc3c(n2)N(CNc2cnccn2)[C@H]2CCN3C2)cn1. The molecule has 1 atom stereocenters. The third kappa shape index (κ3) is 2.54. The summed E-state index contributed by atoms with van der Waals surface area (Å²) in [6.45, 7) is 2.78. The van der Waals surface area contributed by atoms with Gasteiger partial charge in [0.1, 0.15) is 5.82 Å². The minimum absolute atomic E-state index is 0.461. The highest BCUT2D eigenvalue weighted by Gasteiger charge is 2.36. The minimum Gasteiger partial charge on any atom is -0.366 e. The van der Waals surface area contributed by atoms with Crippen LogP contribution in [0.2, 0.25) is 0 Å². The molecule has 0 saturated carbocycles. The van der Waals surface area contributed by atoms with Crippen LogP contribution in [0, 0.1) is 0 Å². The van der Waals surface area contributed by atoms with Crippen LogP contribution < -0.4 is 15.1 Å². The van der Waals surface area contributed by atoms with Gasteiger partial charge in [-0.3, -0.25) is 9.67 Å². The summed E-state index contributed by atoms with van der Waals surface area (Å²) in [5, 5.41) is 7.65. The van der Waals surface area contributed by atoms with Crippen LogP contribution in [0.3, 0.4) is 0 Å². The maximum absolute atomic E-state index is 4.99. The largest absolute Gasteiger partial charge is 0.366 e. The number of anilines is 3. The molecule has 5 heterocycles. The topological polar surface area (TPSA) is 75.0 Å². The molecule has 26 heavy (non-hydrogen) atoms. The summed E-state index contributed by atoms with van der Waals surface area (Å²) >= 11 is 0. The van der Waals surface area contributed by atoms with Crippen molar-refractivity contribution in [1.82, 2.24) is 24.7 Å². The second-order valence-electron chi connectivity index (χ2n) is 6.73. The van der Waals surface area contributed by atoms with Gasteiger partial charge in [0.15, 0.2) is 5.82 Å². The molecule has 1 N–H and O–H groups in total. The van der Waals surface area contributed by atoms with E-state index >= 15 is 0 Å². The summed E-state index contributed by atoms with van der Waals surface area (Å²) in [5.74, 6) is 1.80. The third-order valence-corrected chi connectivity index (χ3v) is 5.07. The molecule has 3 aromatic rings. The highest BCUT2D eigenvalue weighted by Crippen LogP contribution is 2.39. The highest BCUT2D eigenvalue weighted by molar-refractivity contribution is 5.75. The number of hydrogen-bond acceptors (Lipinski definition) is 7. The first-order valence-corrected chi connectivity index (χ1v) is 8.79. The molecule has 1 saturated heterocycles. The number of fused-ring (bicyclic) bond motifs is 4. The monoisotopic (exact) mass is 348 g/mol. The van der Waals surface area contributed by atoms with Crippen molar-refractivity contribution >= 4 is 17.3 Å². The van der Waals surface area contributed by atoms with Crippen molar-refractivity contribution in [3.05, 3.63) is 43.1 Å². The summed E-state index contributed by atoms with van der Waals surface area (Å²) in [5.41, 5.74) is 3.18. The Balaban J connectivity index is 1.48. The number of nitrogens with one attached hydrogen (secondary N) is 1. The normalized spacial score (nSPS) is 18.1. The Morgan fingerprint density at radius 1 is 1.23 bits per heavy atom. The van der Waals surface area contributed by atoms with Crippen molar-refractivity contribution in [2.45, 2.75) is 12.5 Å². The standard InChI is InChI=1S/C18H20N8/c1-24-10-13(8-22-24)15-2-3-16-18(23-15)26(14-4-7-25(16)11-14)12-21-17-9-19-5-6-20-17/h2-3,5-6,8-10,14H,4,7,11-12H2,1H3,(H,20,21)/t14-/m0/s1. The van der Waals surface area contributed by atoms with Crippen molar-refractivity contribution in [3.63, 3.8) is 0 Å². The third-order valence-electron chi connectivity index (χ3n) is 5.07. The average Bonchev–Trinajstić information content (AvgIpc) is 3.30. The van der Waals surface area contributed by atoms with Crippen LogP contribution in [-0.4, -0.2) is 50.5 Å². The van der Waals surface area contributed by atoms with Crippen molar-refractivity contribution in [2.24, 2.45) is 7.05 Å². The van der Waals surface area contributed by atoms with E-state index in [4.69, 9.17) is 4.98 Å². The quantitative estimate of drug-likeness (QED) is 0.770. The Labute approximate surface area is 151 Å².